The molecule has 17 heavy (non-hydrogen) atoms. The van der Waals surface area contributed by atoms with Crippen molar-refractivity contribution in [3.05, 3.63) is 53.4 Å². The zero-order valence-corrected chi connectivity index (χ0v) is 10.9. The Morgan fingerprint density at radius 1 is 1.00 bits per heavy atom. The predicted molar refractivity (Wildman–Crippen MR) is 76.4 cm³/mol. The summed E-state index contributed by atoms with van der Waals surface area (Å²) in [5, 5.41) is 5.43. The predicted octanol–water partition coefficient (Wildman–Crippen LogP) is 4.99. The first-order valence-corrected chi connectivity index (χ1v) is 6.75. The average molecular weight is 241 g/mol. The summed E-state index contributed by atoms with van der Waals surface area (Å²) in [4.78, 5) is 4.44. The van der Waals surface area contributed by atoms with E-state index in [9.17, 15) is 0 Å². The van der Waals surface area contributed by atoms with Gasteiger partial charge in [-0.1, -0.05) is 32.0 Å². The van der Waals surface area contributed by atoms with E-state index in [1.807, 2.05) is 38.2 Å². The van der Waals surface area contributed by atoms with Crippen LogP contribution >= 0.6 is 11.3 Å². The fraction of sp³-hybridized carbons (Fsp3) is 0.133. The summed E-state index contributed by atoms with van der Waals surface area (Å²) in [5.74, 6) is 0. The molecule has 0 aliphatic heterocycles. The molecule has 2 heterocycles. The Kier molecular flexibility index (Phi) is 3.89. The van der Waals surface area contributed by atoms with E-state index < -0.39 is 0 Å². The molecule has 0 bridgehead atoms. The second kappa shape index (κ2) is 5.60. The molecule has 0 radical (unpaired) electrons. The average Bonchev–Trinajstić information content (AvgIpc) is 2.94. The number of rotatable bonds is 1. The minimum absolute atomic E-state index is 1.05. The normalized spacial score (nSPS) is 9.76. The summed E-state index contributed by atoms with van der Waals surface area (Å²) in [7, 11) is 0. The first kappa shape index (κ1) is 11.8. The SMILES string of the molecule is CC.c1ccc2ncc(-c3ccsc3)cc2c1. The van der Waals surface area contributed by atoms with Crippen molar-refractivity contribution in [3.63, 3.8) is 0 Å². The molecule has 0 amide bonds. The van der Waals surface area contributed by atoms with E-state index in [0.717, 1.165) is 5.52 Å². The fourth-order valence-electron chi connectivity index (χ4n) is 1.66. The third-order valence-electron chi connectivity index (χ3n) is 2.44. The van der Waals surface area contributed by atoms with Gasteiger partial charge in [0, 0.05) is 17.1 Å². The number of hydrogen-bond acceptors (Lipinski definition) is 2. The number of benzene rings is 1. The van der Waals surface area contributed by atoms with E-state index in [4.69, 9.17) is 0 Å². The lowest BCUT2D eigenvalue weighted by molar-refractivity contribution is 1.41. The van der Waals surface area contributed by atoms with Gasteiger partial charge in [-0.25, -0.2) is 0 Å². The first-order chi connectivity index (χ1) is 8.43. The molecular weight excluding hydrogens is 226 g/mol. The van der Waals surface area contributed by atoms with Gasteiger partial charge in [0.2, 0.25) is 0 Å². The van der Waals surface area contributed by atoms with Crippen molar-refractivity contribution in [1.82, 2.24) is 4.98 Å². The molecule has 0 aliphatic carbocycles. The van der Waals surface area contributed by atoms with E-state index >= 15 is 0 Å². The summed E-state index contributed by atoms with van der Waals surface area (Å²) in [6.45, 7) is 4.00. The van der Waals surface area contributed by atoms with Gasteiger partial charge in [-0.05, 0) is 34.5 Å². The van der Waals surface area contributed by atoms with Crippen LogP contribution in [0.4, 0.5) is 0 Å². The Hall–Kier alpha value is -1.67. The van der Waals surface area contributed by atoms with Crippen LogP contribution in [0.3, 0.4) is 0 Å². The Balaban J connectivity index is 0.000000514. The number of nitrogens with zero attached hydrogens (tertiary/aromatic N) is 1. The molecule has 0 unspecified atom stereocenters. The van der Waals surface area contributed by atoms with Gasteiger partial charge >= 0.3 is 0 Å². The number of fused-ring (bicyclic) bond motifs is 1. The molecule has 0 fully saturated rings. The zero-order chi connectivity index (χ0) is 12.1. The maximum absolute atomic E-state index is 4.44. The van der Waals surface area contributed by atoms with Gasteiger partial charge in [0.1, 0.15) is 0 Å². The van der Waals surface area contributed by atoms with Crippen LogP contribution in [0, 0.1) is 0 Å². The van der Waals surface area contributed by atoms with E-state index in [0.29, 0.717) is 0 Å². The molecule has 1 aromatic carbocycles. The second-order valence-corrected chi connectivity index (χ2v) is 4.21. The standard InChI is InChI=1S/C13H9NS.C2H6/c1-2-4-13-10(3-1)7-12(8-14-13)11-5-6-15-9-11;1-2/h1-9H;1-2H3. The van der Waals surface area contributed by atoms with Crippen LogP contribution in [0.2, 0.25) is 0 Å². The van der Waals surface area contributed by atoms with Gasteiger partial charge in [-0.3, -0.25) is 4.98 Å². The molecule has 3 rings (SSSR count). The molecular formula is C15H15NS. The number of para-hydroxylation sites is 1. The minimum atomic E-state index is 1.05. The summed E-state index contributed by atoms with van der Waals surface area (Å²) < 4.78 is 0. The molecule has 0 atom stereocenters. The van der Waals surface area contributed by atoms with Gasteiger partial charge in [0.05, 0.1) is 5.52 Å². The van der Waals surface area contributed by atoms with Crippen molar-refractivity contribution in [2.24, 2.45) is 0 Å². The van der Waals surface area contributed by atoms with Crippen LogP contribution in [-0.2, 0) is 0 Å². The Morgan fingerprint density at radius 3 is 2.59 bits per heavy atom. The van der Waals surface area contributed by atoms with Crippen molar-refractivity contribution in [1.29, 1.82) is 0 Å². The smallest absolute Gasteiger partial charge is 0.0702 e. The fourth-order valence-corrected chi connectivity index (χ4v) is 2.32. The maximum atomic E-state index is 4.44. The highest BCUT2D eigenvalue weighted by molar-refractivity contribution is 7.08. The molecule has 0 N–H and O–H groups in total. The van der Waals surface area contributed by atoms with E-state index in [-0.39, 0.29) is 0 Å². The van der Waals surface area contributed by atoms with E-state index in [1.54, 1.807) is 11.3 Å². The number of pyridine rings is 1. The monoisotopic (exact) mass is 241 g/mol. The largest absolute Gasteiger partial charge is 0.256 e. The molecule has 3 aromatic rings. The van der Waals surface area contributed by atoms with Crippen LogP contribution in [0.5, 0.6) is 0 Å². The van der Waals surface area contributed by atoms with Crippen molar-refractivity contribution >= 4 is 22.2 Å². The highest BCUT2D eigenvalue weighted by atomic mass is 32.1. The molecule has 1 nitrogen and oxygen atoms in total. The third kappa shape index (κ3) is 2.53. The summed E-state index contributed by atoms with van der Waals surface area (Å²) in [5.41, 5.74) is 3.49. The van der Waals surface area contributed by atoms with Crippen LogP contribution < -0.4 is 0 Å². The van der Waals surface area contributed by atoms with Crippen LogP contribution in [0.25, 0.3) is 22.0 Å². The summed E-state index contributed by atoms with van der Waals surface area (Å²) in [6, 6.07) is 12.5. The lowest BCUT2D eigenvalue weighted by Gasteiger charge is -2.00. The Bertz CT molecular complexity index is 585. The molecule has 0 saturated carbocycles. The summed E-state index contributed by atoms with van der Waals surface area (Å²) in [6.07, 6.45) is 1.93. The van der Waals surface area contributed by atoms with Gasteiger partial charge in [-0.2, -0.15) is 11.3 Å². The van der Waals surface area contributed by atoms with Crippen LogP contribution in [0.15, 0.2) is 53.4 Å². The van der Waals surface area contributed by atoms with Gasteiger partial charge in [0.25, 0.3) is 0 Å². The molecule has 2 heteroatoms. The van der Waals surface area contributed by atoms with Crippen molar-refractivity contribution in [3.8, 4) is 11.1 Å². The van der Waals surface area contributed by atoms with E-state index in [2.05, 4.69) is 33.9 Å². The maximum Gasteiger partial charge on any atom is 0.0702 e. The second-order valence-electron chi connectivity index (χ2n) is 3.43. The number of thiophene rings is 1. The number of hydrogen-bond donors (Lipinski definition) is 0. The lowest BCUT2D eigenvalue weighted by atomic mass is 10.1. The highest BCUT2D eigenvalue weighted by Crippen LogP contribution is 2.24. The first-order valence-electron chi connectivity index (χ1n) is 5.81. The zero-order valence-electron chi connectivity index (χ0n) is 10.1. The Labute approximate surface area is 106 Å². The molecule has 0 saturated heterocycles. The highest BCUT2D eigenvalue weighted by Gasteiger charge is 1.99. The minimum Gasteiger partial charge on any atom is -0.256 e. The van der Waals surface area contributed by atoms with Crippen molar-refractivity contribution < 1.29 is 0 Å². The quantitative estimate of drug-likeness (QED) is 0.585. The molecule has 0 spiro atoms. The van der Waals surface area contributed by atoms with Crippen LogP contribution in [-0.4, -0.2) is 4.98 Å². The van der Waals surface area contributed by atoms with Gasteiger partial charge < -0.3 is 0 Å². The summed E-state index contributed by atoms with van der Waals surface area (Å²) >= 11 is 1.71. The third-order valence-corrected chi connectivity index (χ3v) is 3.13. The topological polar surface area (TPSA) is 12.9 Å². The van der Waals surface area contributed by atoms with E-state index in [1.165, 1.54) is 16.5 Å². The van der Waals surface area contributed by atoms with Gasteiger partial charge in [0.15, 0.2) is 0 Å². The van der Waals surface area contributed by atoms with Crippen molar-refractivity contribution in [2.75, 3.05) is 0 Å². The Morgan fingerprint density at radius 2 is 1.82 bits per heavy atom. The van der Waals surface area contributed by atoms with Gasteiger partial charge in [-0.15, -0.1) is 0 Å². The van der Waals surface area contributed by atoms with Crippen molar-refractivity contribution in [2.45, 2.75) is 13.8 Å². The molecule has 2 aromatic heterocycles. The number of aromatic nitrogens is 1. The van der Waals surface area contributed by atoms with Crippen LogP contribution in [0.1, 0.15) is 13.8 Å². The molecule has 86 valence electrons. The molecule has 0 aliphatic rings. The lowest BCUT2D eigenvalue weighted by Crippen LogP contribution is -1.80.